The summed E-state index contributed by atoms with van der Waals surface area (Å²) in [7, 11) is 0. The lowest BCUT2D eigenvalue weighted by Gasteiger charge is -2.01. The number of aromatic carboxylic acids is 2. The Morgan fingerprint density at radius 1 is 1.12 bits per heavy atom. The fraction of sp³-hybridized carbons (Fsp3) is 0. The van der Waals surface area contributed by atoms with Crippen LogP contribution in [0.5, 0.6) is 0 Å². The SMILES string of the molecule is C#CC#Cc1ccc(C(=O)O)c(C(=O)O)c1. The van der Waals surface area contributed by atoms with Crippen LogP contribution in [0.2, 0.25) is 0 Å². The molecule has 0 aromatic heterocycles. The number of benzene rings is 1. The highest BCUT2D eigenvalue weighted by atomic mass is 16.4. The summed E-state index contributed by atoms with van der Waals surface area (Å²) in [5.74, 6) is 4.29. The first-order valence-corrected chi connectivity index (χ1v) is 4.13. The smallest absolute Gasteiger partial charge is 0.336 e. The van der Waals surface area contributed by atoms with Crippen molar-refractivity contribution in [1.29, 1.82) is 0 Å². The van der Waals surface area contributed by atoms with Gasteiger partial charge in [-0.05, 0) is 30.0 Å². The summed E-state index contributed by atoms with van der Waals surface area (Å²) < 4.78 is 0. The van der Waals surface area contributed by atoms with Crippen LogP contribution in [-0.4, -0.2) is 22.2 Å². The van der Waals surface area contributed by atoms with Crippen molar-refractivity contribution in [3.63, 3.8) is 0 Å². The Hall–Kier alpha value is -2.72. The number of carboxylic acids is 2. The molecule has 0 saturated carbocycles. The average molecular weight is 214 g/mol. The van der Waals surface area contributed by atoms with E-state index in [0.29, 0.717) is 5.56 Å². The molecule has 0 aliphatic carbocycles. The number of carboxylic acid groups (broad SMARTS) is 2. The van der Waals surface area contributed by atoms with Gasteiger partial charge in [0.05, 0.1) is 11.1 Å². The van der Waals surface area contributed by atoms with E-state index in [1.807, 2.05) is 0 Å². The van der Waals surface area contributed by atoms with E-state index in [0.717, 1.165) is 0 Å². The van der Waals surface area contributed by atoms with E-state index in [9.17, 15) is 9.59 Å². The van der Waals surface area contributed by atoms with Crippen molar-refractivity contribution in [2.24, 2.45) is 0 Å². The Labute approximate surface area is 91.5 Å². The van der Waals surface area contributed by atoms with Crippen LogP contribution in [0.25, 0.3) is 0 Å². The van der Waals surface area contributed by atoms with Gasteiger partial charge in [-0.3, -0.25) is 0 Å². The molecule has 2 N–H and O–H groups in total. The Bertz CT molecular complexity index is 553. The first kappa shape index (κ1) is 11.4. The van der Waals surface area contributed by atoms with Crippen molar-refractivity contribution in [2.75, 3.05) is 0 Å². The number of hydrogen-bond acceptors (Lipinski definition) is 2. The predicted octanol–water partition coefficient (Wildman–Crippen LogP) is 1.07. The molecule has 1 aromatic rings. The van der Waals surface area contributed by atoms with Gasteiger partial charge in [0.2, 0.25) is 0 Å². The molecule has 0 aliphatic rings. The van der Waals surface area contributed by atoms with Crippen LogP contribution in [0.3, 0.4) is 0 Å². The van der Waals surface area contributed by atoms with Crippen LogP contribution in [0.1, 0.15) is 26.3 Å². The topological polar surface area (TPSA) is 74.6 Å². The predicted molar refractivity (Wildman–Crippen MR) is 56.1 cm³/mol. The molecule has 0 bridgehead atoms. The third-order valence-corrected chi connectivity index (χ3v) is 1.76. The molecule has 4 heteroatoms. The Balaban J connectivity index is 3.35. The molecular formula is C12H6O4. The van der Waals surface area contributed by atoms with Gasteiger partial charge in [0, 0.05) is 5.56 Å². The van der Waals surface area contributed by atoms with E-state index in [4.69, 9.17) is 16.6 Å². The number of carbonyl (C=O) groups is 2. The van der Waals surface area contributed by atoms with Gasteiger partial charge < -0.3 is 10.2 Å². The van der Waals surface area contributed by atoms with Crippen LogP contribution in [0.15, 0.2) is 18.2 Å². The second-order valence-corrected chi connectivity index (χ2v) is 2.77. The number of hydrogen-bond donors (Lipinski definition) is 2. The van der Waals surface area contributed by atoms with E-state index in [1.54, 1.807) is 0 Å². The summed E-state index contributed by atoms with van der Waals surface area (Å²) >= 11 is 0. The molecule has 0 radical (unpaired) electrons. The van der Waals surface area contributed by atoms with Gasteiger partial charge in [-0.2, -0.15) is 0 Å². The molecular weight excluding hydrogens is 208 g/mol. The number of terminal acetylenes is 1. The first-order valence-electron chi connectivity index (χ1n) is 4.13. The molecule has 0 saturated heterocycles. The van der Waals surface area contributed by atoms with Gasteiger partial charge in [0.25, 0.3) is 0 Å². The first-order chi connectivity index (χ1) is 7.56. The maximum Gasteiger partial charge on any atom is 0.336 e. The van der Waals surface area contributed by atoms with Crippen molar-refractivity contribution in [2.45, 2.75) is 0 Å². The van der Waals surface area contributed by atoms with Crippen LogP contribution in [-0.2, 0) is 0 Å². The molecule has 78 valence electrons. The van der Waals surface area contributed by atoms with E-state index in [2.05, 4.69) is 17.8 Å². The quantitative estimate of drug-likeness (QED) is 0.722. The van der Waals surface area contributed by atoms with Crippen LogP contribution >= 0.6 is 0 Å². The maximum absolute atomic E-state index is 10.8. The minimum atomic E-state index is -1.32. The molecule has 0 unspecified atom stereocenters. The van der Waals surface area contributed by atoms with Gasteiger partial charge in [-0.25, -0.2) is 9.59 Å². The fourth-order valence-corrected chi connectivity index (χ4v) is 1.09. The van der Waals surface area contributed by atoms with Gasteiger partial charge in [0.1, 0.15) is 0 Å². The van der Waals surface area contributed by atoms with Crippen LogP contribution in [0, 0.1) is 24.2 Å². The lowest BCUT2D eigenvalue weighted by molar-refractivity contribution is 0.0651. The summed E-state index contributed by atoms with van der Waals surface area (Å²) in [6.07, 6.45) is 4.92. The highest BCUT2D eigenvalue weighted by Gasteiger charge is 2.15. The monoisotopic (exact) mass is 214 g/mol. The molecule has 1 aromatic carbocycles. The van der Waals surface area contributed by atoms with E-state index >= 15 is 0 Å². The molecule has 0 aliphatic heterocycles. The second-order valence-electron chi connectivity index (χ2n) is 2.77. The zero-order valence-corrected chi connectivity index (χ0v) is 8.02. The minimum absolute atomic E-state index is 0.279. The molecule has 1 rings (SSSR count). The zero-order chi connectivity index (χ0) is 12.1. The average Bonchev–Trinajstić information content (AvgIpc) is 2.25. The van der Waals surface area contributed by atoms with E-state index in [-0.39, 0.29) is 11.1 Å². The summed E-state index contributed by atoms with van der Waals surface area (Å²) in [6, 6.07) is 3.77. The molecule has 0 atom stereocenters. The van der Waals surface area contributed by atoms with Crippen molar-refractivity contribution in [1.82, 2.24) is 0 Å². The third kappa shape index (κ3) is 2.40. The van der Waals surface area contributed by atoms with Gasteiger partial charge in [-0.15, -0.1) is 6.42 Å². The summed E-state index contributed by atoms with van der Waals surface area (Å²) in [5, 5.41) is 17.6. The highest BCUT2D eigenvalue weighted by Crippen LogP contribution is 2.12. The molecule has 0 spiro atoms. The maximum atomic E-state index is 10.8. The molecule has 0 fully saturated rings. The lowest BCUT2D eigenvalue weighted by Crippen LogP contribution is -2.08. The minimum Gasteiger partial charge on any atom is -0.478 e. The lowest BCUT2D eigenvalue weighted by atomic mass is 10.0. The van der Waals surface area contributed by atoms with E-state index in [1.165, 1.54) is 18.2 Å². The zero-order valence-electron chi connectivity index (χ0n) is 8.02. The fourth-order valence-electron chi connectivity index (χ4n) is 1.09. The largest absolute Gasteiger partial charge is 0.478 e. The van der Waals surface area contributed by atoms with Crippen molar-refractivity contribution < 1.29 is 19.8 Å². The Kier molecular flexibility index (Phi) is 3.32. The second kappa shape index (κ2) is 4.68. The summed E-state index contributed by atoms with van der Waals surface area (Å²) in [5.41, 5.74) is -0.226. The van der Waals surface area contributed by atoms with E-state index < -0.39 is 11.9 Å². The summed E-state index contributed by atoms with van der Waals surface area (Å²) in [6.45, 7) is 0. The molecule has 0 heterocycles. The summed E-state index contributed by atoms with van der Waals surface area (Å²) in [4.78, 5) is 21.5. The van der Waals surface area contributed by atoms with Crippen LogP contribution in [0.4, 0.5) is 0 Å². The van der Waals surface area contributed by atoms with Crippen LogP contribution < -0.4 is 0 Å². The van der Waals surface area contributed by atoms with Gasteiger partial charge >= 0.3 is 11.9 Å². The standard InChI is InChI=1S/C12H6O4/c1-2-3-4-8-5-6-9(11(13)14)10(7-8)12(15)16/h1,5-7H,(H,13,14)(H,15,16). The highest BCUT2D eigenvalue weighted by molar-refractivity contribution is 6.01. The Morgan fingerprint density at radius 3 is 2.25 bits per heavy atom. The van der Waals surface area contributed by atoms with Gasteiger partial charge in [0.15, 0.2) is 0 Å². The van der Waals surface area contributed by atoms with Crippen molar-refractivity contribution in [3.05, 3.63) is 34.9 Å². The molecule has 4 nitrogen and oxygen atoms in total. The normalized spacial score (nSPS) is 8.44. The molecule has 0 amide bonds. The third-order valence-electron chi connectivity index (χ3n) is 1.76. The van der Waals surface area contributed by atoms with Gasteiger partial charge in [-0.1, -0.05) is 5.92 Å². The Morgan fingerprint density at radius 2 is 1.75 bits per heavy atom. The molecule has 16 heavy (non-hydrogen) atoms. The number of rotatable bonds is 2. The van der Waals surface area contributed by atoms with Crippen molar-refractivity contribution >= 4 is 11.9 Å². The van der Waals surface area contributed by atoms with Crippen molar-refractivity contribution in [3.8, 4) is 24.2 Å².